The normalized spacial score (nSPS) is 10.2. The number of nitrogens with two attached hydrogens (primary N) is 1. The van der Waals surface area contributed by atoms with Crippen LogP contribution in [-0.4, -0.2) is 16.1 Å². The molecule has 0 aliphatic heterocycles. The minimum Gasteiger partial charge on any atom is -0.478 e. The Hall–Kier alpha value is -2.08. The van der Waals surface area contributed by atoms with Crippen LogP contribution < -0.4 is 11.1 Å². The number of hydrogen-bond donors (Lipinski definition) is 3. The molecule has 0 fully saturated rings. The molecule has 0 spiro atoms. The number of nitrogens with one attached hydrogen (secondary N) is 1. The predicted octanol–water partition coefficient (Wildman–Crippen LogP) is 2.48. The molecule has 2 rings (SSSR count). The van der Waals surface area contributed by atoms with Crippen LogP contribution in [0.3, 0.4) is 0 Å². The van der Waals surface area contributed by atoms with E-state index in [2.05, 4.69) is 10.3 Å². The van der Waals surface area contributed by atoms with E-state index in [-0.39, 0.29) is 5.56 Å². The lowest BCUT2D eigenvalue weighted by atomic mass is 10.1. The Morgan fingerprint density at radius 2 is 2.29 bits per heavy atom. The summed E-state index contributed by atoms with van der Waals surface area (Å²) in [5.74, 6) is -0.999. The highest BCUT2D eigenvalue weighted by molar-refractivity contribution is 7.13. The number of nitrogens with zero attached hydrogens (tertiary/aromatic N) is 1. The number of carboxylic acids is 1. The van der Waals surface area contributed by atoms with Gasteiger partial charge in [0.2, 0.25) is 0 Å². The van der Waals surface area contributed by atoms with Crippen molar-refractivity contribution in [2.24, 2.45) is 0 Å². The van der Waals surface area contributed by atoms with Crippen molar-refractivity contribution in [3.8, 4) is 0 Å². The molecule has 17 heavy (non-hydrogen) atoms. The van der Waals surface area contributed by atoms with Crippen LogP contribution in [0, 0.1) is 6.92 Å². The largest absolute Gasteiger partial charge is 0.478 e. The van der Waals surface area contributed by atoms with Crippen LogP contribution in [0.1, 0.15) is 16.1 Å². The summed E-state index contributed by atoms with van der Waals surface area (Å²) in [4.78, 5) is 15.2. The summed E-state index contributed by atoms with van der Waals surface area (Å²) in [6.45, 7) is 1.87. The second-order valence-electron chi connectivity index (χ2n) is 3.53. The standard InChI is InChI=1S/C11H11N3O2S/c1-6-5-17-11(13-6)14-9-4-7(12)2-3-8(9)10(15)16/h2-5H,12H2,1H3,(H,13,14)(H,15,16). The van der Waals surface area contributed by atoms with Gasteiger partial charge >= 0.3 is 5.97 Å². The summed E-state index contributed by atoms with van der Waals surface area (Å²) in [6, 6.07) is 4.61. The Morgan fingerprint density at radius 1 is 1.53 bits per heavy atom. The third-order valence-corrected chi connectivity index (χ3v) is 3.01. The van der Waals surface area contributed by atoms with E-state index >= 15 is 0 Å². The molecular weight excluding hydrogens is 238 g/mol. The first-order valence-corrected chi connectivity index (χ1v) is 5.76. The number of aromatic nitrogens is 1. The number of hydrogen-bond acceptors (Lipinski definition) is 5. The molecule has 0 unspecified atom stereocenters. The number of aryl methyl sites for hydroxylation is 1. The second kappa shape index (κ2) is 4.42. The Morgan fingerprint density at radius 3 is 2.88 bits per heavy atom. The fourth-order valence-corrected chi connectivity index (χ4v) is 2.08. The van der Waals surface area contributed by atoms with Gasteiger partial charge < -0.3 is 16.2 Å². The first-order chi connectivity index (χ1) is 8.06. The molecule has 2 aromatic rings. The lowest BCUT2D eigenvalue weighted by molar-refractivity contribution is 0.0698. The number of thiazole rings is 1. The number of aromatic carboxylic acids is 1. The zero-order valence-corrected chi connectivity index (χ0v) is 9.91. The third-order valence-electron chi connectivity index (χ3n) is 2.13. The van der Waals surface area contributed by atoms with E-state index in [1.54, 1.807) is 12.1 Å². The number of anilines is 3. The van der Waals surface area contributed by atoms with Crippen LogP contribution >= 0.6 is 11.3 Å². The maximum absolute atomic E-state index is 11.0. The number of carboxylic acid groups (broad SMARTS) is 1. The summed E-state index contributed by atoms with van der Waals surface area (Å²) < 4.78 is 0. The summed E-state index contributed by atoms with van der Waals surface area (Å²) in [5, 5.41) is 14.5. The van der Waals surface area contributed by atoms with Crippen LogP contribution in [-0.2, 0) is 0 Å². The molecule has 0 atom stereocenters. The van der Waals surface area contributed by atoms with Gasteiger partial charge in [-0.3, -0.25) is 0 Å². The minimum atomic E-state index is -0.999. The number of benzene rings is 1. The van der Waals surface area contributed by atoms with Crippen molar-refractivity contribution in [1.82, 2.24) is 4.98 Å². The molecule has 88 valence electrons. The fraction of sp³-hybridized carbons (Fsp3) is 0.0909. The van der Waals surface area contributed by atoms with Gasteiger partial charge in [0.25, 0.3) is 0 Å². The zero-order chi connectivity index (χ0) is 12.4. The Kier molecular flexibility index (Phi) is 2.97. The van der Waals surface area contributed by atoms with Gasteiger partial charge in [-0.25, -0.2) is 9.78 Å². The highest BCUT2D eigenvalue weighted by Crippen LogP contribution is 2.25. The van der Waals surface area contributed by atoms with Crippen molar-refractivity contribution in [1.29, 1.82) is 0 Å². The molecule has 0 aliphatic carbocycles. The summed E-state index contributed by atoms with van der Waals surface area (Å²) in [6.07, 6.45) is 0. The first-order valence-electron chi connectivity index (χ1n) is 4.88. The van der Waals surface area contributed by atoms with Gasteiger partial charge in [-0.1, -0.05) is 0 Å². The molecule has 6 heteroatoms. The predicted molar refractivity (Wildman–Crippen MR) is 67.9 cm³/mol. The van der Waals surface area contributed by atoms with E-state index in [0.717, 1.165) is 5.69 Å². The van der Waals surface area contributed by atoms with Crippen LogP contribution in [0.25, 0.3) is 0 Å². The van der Waals surface area contributed by atoms with Gasteiger partial charge in [-0.15, -0.1) is 11.3 Å². The van der Waals surface area contributed by atoms with E-state index in [0.29, 0.717) is 16.5 Å². The summed E-state index contributed by atoms with van der Waals surface area (Å²) in [5.41, 5.74) is 7.65. The maximum Gasteiger partial charge on any atom is 0.337 e. The van der Waals surface area contributed by atoms with Crippen molar-refractivity contribution in [3.63, 3.8) is 0 Å². The smallest absolute Gasteiger partial charge is 0.337 e. The zero-order valence-electron chi connectivity index (χ0n) is 9.10. The van der Waals surface area contributed by atoms with E-state index in [1.165, 1.54) is 17.4 Å². The molecule has 0 bridgehead atoms. The molecule has 1 aromatic heterocycles. The highest BCUT2D eigenvalue weighted by Gasteiger charge is 2.11. The highest BCUT2D eigenvalue weighted by atomic mass is 32.1. The molecule has 4 N–H and O–H groups in total. The molecular formula is C11H11N3O2S. The molecule has 1 aromatic carbocycles. The van der Waals surface area contributed by atoms with E-state index < -0.39 is 5.97 Å². The average molecular weight is 249 g/mol. The van der Waals surface area contributed by atoms with Crippen LogP contribution in [0.4, 0.5) is 16.5 Å². The fourth-order valence-electron chi connectivity index (χ4n) is 1.38. The van der Waals surface area contributed by atoms with Gasteiger partial charge in [0, 0.05) is 11.1 Å². The molecule has 0 saturated carbocycles. The SMILES string of the molecule is Cc1csc(Nc2cc(N)ccc2C(=O)O)n1. The van der Waals surface area contributed by atoms with Gasteiger partial charge in [-0.2, -0.15) is 0 Å². The lowest BCUT2D eigenvalue weighted by Crippen LogP contribution is -2.03. The van der Waals surface area contributed by atoms with E-state index in [1.807, 2.05) is 12.3 Å². The quantitative estimate of drug-likeness (QED) is 0.727. The van der Waals surface area contributed by atoms with E-state index in [4.69, 9.17) is 10.8 Å². The van der Waals surface area contributed by atoms with Crippen LogP contribution in [0.5, 0.6) is 0 Å². The average Bonchev–Trinajstić information content (AvgIpc) is 2.63. The Balaban J connectivity index is 2.37. The molecule has 5 nitrogen and oxygen atoms in total. The van der Waals surface area contributed by atoms with Gasteiger partial charge in [0.05, 0.1) is 16.9 Å². The summed E-state index contributed by atoms with van der Waals surface area (Å²) >= 11 is 1.41. The van der Waals surface area contributed by atoms with Crippen LogP contribution in [0.15, 0.2) is 23.6 Å². The molecule has 1 heterocycles. The first kappa shape index (κ1) is 11.4. The third kappa shape index (κ3) is 2.54. The molecule has 0 amide bonds. The van der Waals surface area contributed by atoms with Crippen molar-refractivity contribution in [2.75, 3.05) is 11.1 Å². The maximum atomic E-state index is 11.0. The number of carbonyl (C=O) groups is 1. The Labute approximate surface area is 102 Å². The number of rotatable bonds is 3. The summed E-state index contributed by atoms with van der Waals surface area (Å²) in [7, 11) is 0. The van der Waals surface area contributed by atoms with E-state index in [9.17, 15) is 4.79 Å². The van der Waals surface area contributed by atoms with Gasteiger partial charge in [-0.05, 0) is 25.1 Å². The van der Waals surface area contributed by atoms with Crippen molar-refractivity contribution in [3.05, 3.63) is 34.8 Å². The van der Waals surface area contributed by atoms with Crippen molar-refractivity contribution < 1.29 is 9.90 Å². The van der Waals surface area contributed by atoms with Gasteiger partial charge in [0.1, 0.15) is 0 Å². The monoisotopic (exact) mass is 249 g/mol. The van der Waals surface area contributed by atoms with Crippen LogP contribution in [0.2, 0.25) is 0 Å². The molecule has 0 aliphatic rings. The topological polar surface area (TPSA) is 88.2 Å². The van der Waals surface area contributed by atoms with Crippen molar-refractivity contribution in [2.45, 2.75) is 6.92 Å². The number of nitrogen functional groups attached to an aromatic ring is 1. The lowest BCUT2D eigenvalue weighted by Gasteiger charge is -2.07. The molecule has 0 radical (unpaired) electrons. The second-order valence-corrected chi connectivity index (χ2v) is 4.39. The Bertz CT molecular complexity index is 566. The minimum absolute atomic E-state index is 0.173. The van der Waals surface area contributed by atoms with Gasteiger partial charge in [0.15, 0.2) is 5.13 Å². The van der Waals surface area contributed by atoms with Crippen molar-refractivity contribution >= 4 is 33.8 Å². The molecule has 0 saturated heterocycles.